The average Bonchev–Trinajstić information content (AvgIpc) is 2.32. The molecule has 1 aliphatic rings. The van der Waals surface area contributed by atoms with E-state index in [9.17, 15) is 13.2 Å². The van der Waals surface area contributed by atoms with Crippen LogP contribution in [0.15, 0.2) is 10.3 Å². The van der Waals surface area contributed by atoms with E-state index in [4.69, 9.17) is 10.7 Å². The third-order valence-electron chi connectivity index (χ3n) is 1.03. The molecule has 2 amide bonds. The van der Waals surface area contributed by atoms with Crippen molar-refractivity contribution < 1.29 is 13.2 Å². The Bertz CT molecular complexity index is 312. The van der Waals surface area contributed by atoms with Crippen LogP contribution >= 0.6 is 10.7 Å². The van der Waals surface area contributed by atoms with Crippen LogP contribution in [0.5, 0.6) is 0 Å². The summed E-state index contributed by atoms with van der Waals surface area (Å²) in [5.74, 6) is 0. The number of urea groups is 1. The Balaban J connectivity index is 2.55. The summed E-state index contributed by atoms with van der Waals surface area (Å²) < 4.78 is 22.2. The quantitative estimate of drug-likeness (QED) is 0.614. The molecule has 1 N–H and O–H groups in total. The molecule has 7 nitrogen and oxygen atoms in total. The largest absolute Gasteiger partial charge is 0.353 e. The van der Waals surface area contributed by atoms with Crippen LogP contribution in [0, 0.1) is 0 Å². The zero-order chi connectivity index (χ0) is 9.19. The van der Waals surface area contributed by atoms with Crippen LogP contribution in [0.3, 0.4) is 0 Å². The third kappa shape index (κ3) is 2.62. The van der Waals surface area contributed by atoms with Crippen molar-refractivity contribution in [1.82, 2.24) is 9.73 Å². The fourth-order valence-electron chi connectivity index (χ4n) is 0.604. The van der Waals surface area contributed by atoms with Gasteiger partial charge in [0.25, 0.3) is 0 Å². The van der Waals surface area contributed by atoms with Gasteiger partial charge < -0.3 is 0 Å². The lowest BCUT2D eigenvalue weighted by molar-refractivity contribution is 0.211. The molecular formula is C3H5ClN4O3S. The van der Waals surface area contributed by atoms with Gasteiger partial charge in [0.15, 0.2) is 0 Å². The zero-order valence-electron chi connectivity index (χ0n) is 5.77. The minimum atomic E-state index is -4.03. The highest BCUT2D eigenvalue weighted by Crippen LogP contribution is 2.01. The molecule has 0 unspecified atom stereocenters. The van der Waals surface area contributed by atoms with E-state index in [1.54, 1.807) is 0 Å². The van der Waals surface area contributed by atoms with E-state index in [1.165, 1.54) is 4.72 Å². The second-order valence-corrected chi connectivity index (χ2v) is 4.22. The maximum absolute atomic E-state index is 10.9. The minimum absolute atomic E-state index is 0.262. The molecule has 0 spiro atoms. The monoisotopic (exact) mass is 212 g/mol. The average molecular weight is 213 g/mol. The molecule has 9 heteroatoms. The molecule has 0 bridgehead atoms. The summed E-state index contributed by atoms with van der Waals surface area (Å²) in [6.07, 6.45) is 0. The van der Waals surface area contributed by atoms with Gasteiger partial charge in [-0.2, -0.15) is 18.5 Å². The standard InChI is InChI=1S/C3H5ClN4O3S/c4-12(10,11)6-3(9)8-2-1-5-7-8/h1-2H2,(H,6,9). The molecule has 0 aromatic carbocycles. The van der Waals surface area contributed by atoms with Crippen molar-refractivity contribution >= 4 is 26.0 Å². The number of nitrogens with one attached hydrogen (secondary N) is 1. The Labute approximate surface area is 72.9 Å². The molecular weight excluding hydrogens is 208 g/mol. The van der Waals surface area contributed by atoms with E-state index in [1.807, 2.05) is 0 Å². The highest BCUT2D eigenvalue weighted by Gasteiger charge is 2.20. The normalized spacial score (nSPS) is 16.6. The summed E-state index contributed by atoms with van der Waals surface area (Å²) in [5.41, 5.74) is 0. The number of carbonyl (C=O) groups excluding carboxylic acids is 1. The number of halogens is 1. The third-order valence-corrected chi connectivity index (χ3v) is 1.68. The maximum Gasteiger partial charge on any atom is 0.353 e. The second-order valence-electron chi connectivity index (χ2n) is 1.92. The van der Waals surface area contributed by atoms with Gasteiger partial charge in [-0.3, -0.25) is 0 Å². The van der Waals surface area contributed by atoms with Crippen molar-refractivity contribution in [2.24, 2.45) is 10.3 Å². The zero-order valence-corrected chi connectivity index (χ0v) is 7.34. The first-order valence-electron chi connectivity index (χ1n) is 2.90. The number of hydrogen-bond donors (Lipinski definition) is 1. The lowest BCUT2D eigenvalue weighted by atomic mass is 10.6. The molecule has 0 saturated heterocycles. The molecule has 0 aromatic rings. The van der Waals surface area contributed by atoms with Crippen LogP contribution in [0.25, 0.3) is 0 Å². The highest BCUT2D eigenvalue weighted by molar-refractivity contribution is 8.12. The fraction of sp³-hybridized carbons (Fsp3) is 0.667. The van der Waals surface area contributed by atoms with Gasteiger partial charge >= 0.3 is 15.3 Å². The molecule has 68 valence electrons. The first-order valence-corrected chi connectivity index (χ1v) is 5.21. The summed E-state index contributed by atoms with van der Waals surface area (Å²) >= 11 is 0. The molecule has 0 fully saturated rings. The number of amides is 2. The van der Waals surface area contributed by atoms with Gasteiger partial charge in [-0.1, -0.05) is 5.22 Å². The van der Waals surface area contributed by atoms with Crippen LogP contribution in [0.2, 0.25) is 0 Å². The fourth-order valence-corrected chi connectivity index (χ4v) is 1.12. The van der Waals surface area contributed by atoms with E-state index in [0.717, 1.165) is 5.01 Å². The molecule has 12 heavy (non-hydrogen) atoms. The van der Waals surface area contributed by atoms with Crippen LogP contribution in [0.4, 0.5) is 4.79 Å². The van der Waals surface area contributed by atoms with Crippen molar-refractivity contribution in [3.05, 3.63) is 0 Å². The van der Waals surface area contributed by atoms with Crippen LogP contribution < -0.4 is 4.72 Å². The van der Waals surface area contributed by atoms with E-state index < -0.39 is 15.3 Å². The van der Waals surface area contributed by atoms with Gasteiger partial charge in [-0.15, -0.1) is 0 Å². The molecule has 0 aliphatic carbocycles. The van der Waals surface area contributed by atoms with Crippen molar-refractivity contribution in [2.75, 3.05) is 13.1 Å². The molecule has 1 aliphatic heterocycles. The predicted octanol–water partition coefficient (Wildman–Crippen LogP) is -0.138. The van der Waals surface area contributed by atoms with Gasteiger partial charge in [0, 0.05) is 10.7 Å². The summed E-state index contributed by atoms with van der Waals surface area (Å²) in [6.45, 7) is 0.633. The summed E-state index contributed by atoms with van der Waals surface area (Å²) in [7, 11) is 0.716. The Morgan fingerprint density at radius 1 is 1.58 bits per heavy atom. The van der Waals surface area contributed by atoms with E-state index in [-0.39, 0.29) is 6.54 Å². The Morgan fingerprint density at radius 2 is 2.25 bits per heavy atom. The first kappa shape index (κ1) is 9.20. The van der Waals surface area contributed by atoms with Crippen molar-refractivity contribution in [2.45, 2.75) is 0 Å². The summed E-state index contributed by atoms with van der Waals surface area (Å²) in [4.78, 5) is 10.9. The molecule has 0 radical (unpaired) electrons. The number of rotatable bonds is 1. The van der Waals surface area contributed by atoms with Gasteiger partial charge in [-0.25, -0.2) is 9.52 Å². The topological polar surface area (TPSA) is 91.2 Å². The van der Waals surface area contributed by atoms with Gasteiger partial charge in [-0.05, 0) is 0 Å². The Hall–Kier alpha value is -0.890. The minimum Gasteiger partial charge on any atom is -0.245 e. The molecule has 0 atom stereocenters. The van der Waals surface area contributed by atoms with Gasteiger partial charge in [0.2, 0.25) is 0 Å². The Kier molecular flexibility index (Phi) is 2.48. The highest BCUT2D eigenvalue weighted by atomic mass is 35.7. The first-order chi connectivity index (χ1) is 5.49. The van der Waals surface area contributed by atoms with Crippen molar-refractivity contribution in [3.8, 4) is 0 Å². The number of nitrogens with zero attached hydrogens (tertiary/aromatic N) is 3. The SMILES string of the molecule is O=C(NS(=O)(=O)Cl)N1CCN=N1. The van der Waals surface area contributed by atoms with Crippen molar-refractivity contribution in [3.63, 3.8) is 0 Å². The molecule has 1 heterocycles. The molecule has 0 aromatic heterocycles. The number of carbonyl (C=O) groups is 1. The Morgan fingerprint density at radius 3 is 2.67 bits per heavy atom. The van der Waals surface area contributed by atoms with Crippen molar-refractivity contribution in [1.29, 1.82) is 0 Å². The van der Waals surface area contributed by atoms with Crippen LogP contribution in [-0.2, 0) is 9.24 Å². The summed E-state index contributed by atoms with van der Waals surface area (Å²) in [5, 5.41) is 7.69. The maximum atomic E-state index is 10.9. The smallest absolute Gasteiger partial charge is 0.245 e. The number of hydrogen-bond acceptors (Lipinski definition) is 5. The van der Waals surface area contributed by atoms with Gasteiger partial charge in [0.1, 0.15) is 0 Å². The lowest BCUT2D eigenvalue weighted by Gasteiger charge is -2.07. The molecule has 0 saturated carbocycles. The second kappa shape index (κ2) is 3.23. The molecule has 1 rings (SSSR count). The van der Waals surface area contributed by atoms with Crippen LogP contribution in [0.1, 0.15) is 0 Å². The van der Waals surface area contributed by atoms with Gasteiger partial charge in [0.05, 0.1) is 13.1 Å². The van der Waals surface area contributed by atoms with E-state index in [0.29, 0.717) is 6.54 Å². The summed E-state index contributed by atoms with van der Waals surface area (Å²) in [6, 6.07) is -0.897. The van der Waals surface area contributed by atoms with E-state index in [2.05, 4.69) is 10.3 Å². The lowest BCUT2D eigenvalue weighted by Crippen LogP contribution is -2.37. The van der Waals surface area contributed by atoms with Crippen LogP contribution in [-0.4, -0.2) is 32.5 Å². The predicted molar refractivity (Wildman–Crippen MR) is 39.7 cm³/mol. The van der Waals surface area contributed by atoms with E-state index >= 15 is 0 Å².